The van der Waals surface area contributed by atoms with Crippen LogP contribution in [0.15, 0.2) is 0 Å². The highest BCUT2D eigenvalue weighted by Gasteiger charge is 2.23. The van der Waals surface area contributed by atoms with Crippen molar-refractivity contribution in [3.63, 3.8) is 0 Å². The van der Waals surface area contributed by atoms with E-state index in [0.29, 0.717) is 0 Å². The average Bonchev–Trinajstić information content (AvgIpc) is 1.62. The van der Waals surface area contributed by atoms with Crippen molar-refractivity contribution in [2.24, 2.45) is 5.84 Å². The minimum atomic E-state index is -1.55. The van der Waals surface area contributed by atoms with Crippen molar-refractivity contribution in [3.05, 3.63) is 0 Å². The molecular weight excluding hydrogens is 186 g/mol. The fourth-order valence-electron chi connectivity index (χ4n) is 0.233. The summed E-state index contributed by atoms with van der Waals surface area (Å²) in [6.45, 7) is 0. The quantitative estimate of drug-likeness (QED) is 0.278. The van der Waals surface area contributed by atoms with Crippen LogP contribution in [0.5, 0.6) is 0 Å². The standard InChI is InChI=1S/C3H5Cl3N2O/c4-3(5,6)1-2(9)8-7/h1,7H2,(H,8,9). The molecule has 0 aliphatic carbocycles. The van der Waals surface area contributed by atoms with Gasteiger partial charge in [0.2, 0.25) is 5.91 Å². The number of hydrogen-bond acceptors (Lipinski definition) is 2. The molecule has 0 saturated heterocycles. The molecule has 1 amide bonds. The number of rotatable bonds is 1. The van der Waals surface area contributed by atoms with E-state index in [0.717, 1.165) is 0 Å². The molecule has 0 bridgehead atoms. The molecule has 0 heterocycles. The summed E-state index contributed by atoms with van der Waals surface area (Å²) < 4.78 is -1.55. The molecule has 0 rings (SSSR count). The van der Waals surface area contributed by atoms with Crippen molar-refractivity contribution in [2.45, 2.75) is 10.2 Å². The van der Waals surface area contributed by atoms with Crippen molar-refractivity contribution in [2.75, 3.05) is 0 Å². The predicted octanol–water partition coefficient (Wildman–Crippen LogP) is 0.737. The second kappa shape index (κ2) is 3.46. The molecule has 0 atom stereocenters. The van der Waals surface area contributed by atoms with Crippen molar-refractivity contribution in [1.82, 2.24) is 5.43 Å². The third-order valence-electron chi connectivity index (χ3n) is 0.522. The topological polar surface area (TPSA) is 55.1 Å². The summed E-state index contributed by atoms with van der Waals surface area (Å²) in [6.07, 6.45) is -0.228. The average molecular weight is 191 g/mol. The van der Waals surface area contributed by atoms with Gasteiger partial charge in [-0.1, -0.05) is 34.8 Å². The molecule has 3 nitrogen and oxygen atoms in total. The highest BCUT2D eigenvalue weighted by Crippen LogP contribution is 2.29. The SMILES string of the molecule is NNC(=O)CC(Cl)(Cl)Cl. The van der Waals surface area contributed by atoms with Gasteiger partial charge < -0.3 is 0 Å². The Balaban J connectivity index is 3.60. The summed E-state index contributed by atoms with van der Waals surface area (Å²) in [5.41, 5.74) is 1.83. The van der Waals surface area contributed by atoms with Crippen molar-refractivity contribution >= 4 is 40.7 Å². The number of nitrogens with one attached hydrogen (secondary N) is 1. The van der Waals surface area contributed by atoms with Crippen LogP contribution in [0.1, 0.15) is 6.42 Å². The second-order valence-electron chi connectivity index (χ2n) is 1.36. The number of halogens is 3. The third-order valence-corrected chi connectivity index (χ3v) is 0.923. The Morgan fingerprint density at radius 3 is 2.11 bits per heavy atom. The van der Waals surface area contributed by atoms with Gasteiger partial charge in [0.15, 0.2) is 3.79 Å². The minimum Gasteiger partial charge on any atom is -0.294 e. The van der Waals surface area contributed by atoms with Crippen LogP contribution in [-0.2, 0) is 4.79 Å². The van der Waals surface area contributed by atoms with E-state index in [1.54, 1.807) is 0 Å². The number of carbonyl (C=O) groups excluding carboxylic acids is 1. The first-order valence-electron chi connectivity index (χ1n) is 2.02. The van der Waals surface area contributed by atoms with Gasteiger partial charge in [0.1, 0.15) is 0 Å². The van der Waals surface area contributed by atoms with Gasteiger partial charge in [-0.2, -0.15) is 0 Å². The Morgan fingerprint density at radius 2 is 2.00 bits per heavy atom. The molecule has 0 aromatic heterocycles. The van der Waals surface area contributed by atoms with Crippen LogP contribution in [0.4, 0.5) is 0 Å². The first-order chi connectivity index (χ1) is 3.95. The van der Waals surface area contributed by atoms with E-state index in [1.807, 2.05) is 5.43 Å². The second-order valence-corrected chi connectivity index (χ2v) is 3.88. The van der Waals surface area contributed by atoms with Gasteiger partial charge >= 0.3 is 0 Å². The lowest BCUT2D eigenvalue weighted by molar-refractivity contribution is -0.121. The summed E-state index contributed by atoms with van der Waals surface area (Å²) in [4.78, 5) is 10.3. The minimum absolute atomic E-state index is 0.228. The summed E-state index contributed by atoms with van der Waals surface area (Å²) in [6, 6.07) is 0. The molecule has 0 unspecified atom stereocenters. The monoisotopic (exact) mass is 190 g/mol. The maximum absolute atomic E-state index is 10.3. The number of hydrazine groups is 1. The fraction of sp³-hybridized carbons (Fsp3) is 0.667. The van der Waals surface area contributed by atoms with E-state index < -0.39 is 9.70 Å². The van der Waals surface area contributed by atoms with E-state index in [4.69, 9.17) is 40.6 Å². The largest absolute Gasteiger partial charge is 0.294 e. The zero-order chi connectivity index (χ0) is 7.49. The van der Waals surface area contributed by atoms with E-state index in [-0.39, 0.29) is 6.42 Å². The first-order valence-corrected chi connectivity index (χ1v) is 3.15. The Hall–Kier alpha value is 0.300. The smallest absolute Gasteiger partial charge is 0.238 e. The normalized spacial score (nSPS) is 11.1. The highest BCUT2D eigenvalue weighted by atomic mass is 35.6. The van der Waals surface area contributed by atoms with Gasteiger partial charge in [-0.05, 0) is 0 Å². The molecule has 0 spiro atoms. The molecular formula is C3H5Cl3N2O. The number of carbonyl (C=O) groups is 1. The van der Waals surface area contributed by atoms with Crippen LogP contribution in [0.3, 0.4) is 0 Å². The van der Waals surface area contributed by atoms with Gasteiger partial charge in [0.05, 0.1) is 6.42 Å². The zero-order valence-electron chi connectivity index (χ0n) is 4.33. The molecule has 0 radical (unpaired) electrons. The fourth-order valence-corrected chi connectivity index (χ4v) is 0.597. The maximum atomic E-state index is 10.3. The number of alkyl halides is 3. The van der Waals surface area contributed by atoms with E-state index >= 15 is 0 Å². The van der Waals surface area contributed by atoms with Crippen LogP contribution in [0, 0.1) is 0 Å². The lowest BCUT2D eigenvalue weighted by Gasteiger charge is -2.07. The van der Waals surface area contributed by atoms with Crippen molar-refractivity contribution in [1.29, 1.82) is 0 Å². The van der Waals surface area contributed by atoms with Crippen molar-refractivity contribution in [3.8, 4) is 0 Å². The number of hydrogen-bond donors (Lipinski definition) is 2. The molecule has 0 aromatic rings. The van der Waals surface area contributed by atoms with E-state index in [9.17, 15) is 4.79 Å². The summed E-state index contributed by atoms with van der Waals surface area (Å²) >= 11 is 15.7. The Kier molecular flexibility index (Phi) is 3.58. The van der Waals surface area contributed by atoms with Crippen LogP contribution in [-0.4, -0.2) is 9.70 Å². The van der Waals surface area contributed by atoms with E-state index in [2.05, 4.69) is 0 Å². The molecule has 3 N–H and O–H groups in total. The van der Waals surface area contributed by atoms with Gasteiger partial charge in [0, 0.05) is 0 Å². The molecule has 0 saturated carbocycles. The highest BCUT2D eigenvalue weighted by molar-refractivity contribution is 6.68. The zero-order valence-corrected chi connectivity index (χ0v) is 6.59. The Labute approximate surface area is 67.4 Å². The first kappa shape index (κ1) is 9.30. The lowest BCUT2D eigenvalue weighted by Crippen LogP contribution is -2.32. The maximum Gasteiger partial charge on any atom is 0.238 e. The molecule has 0 fully saturated rings. The third kappa shape index (κ3) is 6.18. The molecule has 0 aliphatic rings. The number of amides is 1. The molecule has 0 aliphatic heterocycles. The molecule has 6 heteroatoms. The number of nitrogens with two attached hydrogens (primary N) is 1. The summed E-state index contributed by atoms with van der Waals surface area (Å²) in [7, 11) is 0. The Bertz CT molecular complexity index is 110. The summed E-state index contributed by atoms with van der Waals surface area (Å²) in [5.74, 6) is 4.20. The van der Waals surface area contributed by atoms with Gasteiger partial charge in [-0.25, -0.2) is 5.84 Å². The van der Waals surface area contributed by atoms with Crippen LogP contribution in [0.2, 0.25) is 0 Å². The van der Waals surface area contributed by atoms with Crippen molar-refractivity contribution < 1.29 is 4.79 Å². The van der Waals surface area contributed by atoms with Gasteiger partial charge in [-0.3, -0.25) is 10.2 Å². The van der Waals surface area contributed by atoms with Gasteiger partial charge in [-0.15, -0.1) is 0 Å². The summed E-state index contributed by atoms with van der Waals surface area (Å²) in [5, 5.41) is 0. The molecule has 9 heavy (non-hydrogen) atoms. The lowest BCUT2D eigenvalue weighted by atomic mass is 10.5. The molecule has 0 aromatic carbocycles. The van der Waals surface area contributed by atoms with Crippen LogP contribution < -0.4 is 11.3 Å². The van der Waals surface area contributed by atoms with Crippen LogP contribution in [0.25, 0.3) is 0 Å². The molecule has 54 valence electrons. The Morgan fingerprint density at radius 1 is 1.56 bits per heavy atom. The van der Waals surface area contributed by atoms with Crippen LogP contribution >= 0.6 is 34.8 Å². The van der Waals surface area contributed by atoms with E-state index in [1.165, 1.54) is 0 Å². The van der Waals surface area contributed by atoms with Gasteiger partial charge in [0.25, 0.3) is 0 Å². The predicted molar refractivity (Wildman–Crippen MR) is 37.2 cm³/mol.